The van der Waals surface area contributed by atoms with Gasteiger partial charge in [0.05, 0.1) is 11.4 Å². The lowest BCUT2D eigenvalue weighted by Gasteiger charge is -2.42. The molecule has 2 aliphatic rings. The summed E-state index contributed by atoms with van der Waals surface area (Å²) in [6.45, 7) is 0. The number of likely N-dealkylation sites (N-methyl/N-ethyl adjacent to an activating group) is 1. The first-order valence-electron chi connectivity index (χ1n) is 7.48. The van der Waals surface area contributed by atoms with E-state index >= 15 is 0 Å². The molecule has 0 spiro atoms. The van der Waals surface area contributed by atoms with E-state index in [9.17, 15) is 13.5 Å². The number of aliphatic hydroxyl groups excluding tert-OH is 1. The highest BCUT2D eigenvalue weighted by Gasteiger charge is 2.35. The standard InChI is InChI=1S/C14H27NO3S/c1-15(13-8-3-4-9-14(13)16)11-6-5-7-12(10-11)19(2,17)18/h11-14,16H,3-10H2,1-2H3. The van der Waals surface area contributed by atoms with Gasteiger partial charge in [0.25, 0.3) is 0 Å². The molecule has 4 nitrogen and oxygen atoms in total. The van der Waals surface area contributed by atoms with Crippen LogP contribution < -0.4 is 0 Å². The molecule has 0 saturated heterocycles. The fourth-order valence-electron chi connectivity index (χ4n) is 3.72. The summed E-state index contributed by atoms with van der Waals surface area (Å²) < 4.78 is 23.5. The van der Waals surface area contributed by atoms with Crippen LogP contribution in [-0.2, 0) is 9.84 Å². The van der Waals surface area contributed by atoms with Gasteiger partial charge in [-0.3, -0.25) is 4.90 Å². The molecular weight excluding hydrogens is 262 g/mol. The van der Waals surface area contributed by atoms with Gasteiger partial charge in [0.1, 0.15) is 9.84 Å². The zero-order chi connectivity index (χ0) is 14.0. The topological polar surface area (TPSA) is 57.6 Å². The highest BCUT2D eigenvalue weighted by atomic mass is 32.2. The molecular formula is C14H27NO3S. The van der Waals surface area contributed by atoms with E-state index in [0.29, 0.717) is 6.04 Å². The number of hydrogen-bond donors (Lipinski definition) is 1. The van der Waals surface area contributed by atoms with E-state index in [1.54, 1.807) is 0 Å². The predicted molar refractivity (Wildman–Crippen MR) is 76.9 cm³/mol. The average Bonchev–Trinajstić information content (AvgIpc) is 2.38. The highest BCUT2D eigenvalue weighted by Crippen LogP contribution is 2.31. The van der Waals surface area contributed by atoms with Gasteiger partial charge in [-0.05, 0) is 39.2 Å². The summed E-state index contributed by atoms with van der Waals surface area (Å²) >= 11 is 0. The molecule has 112 valence electrons. The minimum absolute atomic E-state index is 0.186. The lowest BCUT2D eigenvalue weighted by molar-refractivity contribution is 0.00540. The van der Waals surface area contributed by atoms with Gasteiger partial charge in [0, 0.05) is 18.3 Å². The van der Waals surface area contributed by atoms with E-state index in [0.717, 1.165) is 44.9 Å². The quantitative estimate of drug-likeness (QED) is 0.857. The molecule has 2 rings (SSSR count). The number of nitrogens with zero attached hydrogens (tertiary/aromatic N) is 1. The van der Waals surface area contributed by atoms with Crippen LogP contribution in [0.3, 0.4) is 0 Å². The largest absolute Gasteiger partial charge is 0.391 e. The summed E-state index contributed by atoms with van der Waals surface area (Å²) in [5, 5.41) is 9.95. The maximum Gasteiger partial charge on any atom is 0.150 e. The maximum absolute atomic E-state index is 11.7. The van der Waals surface area contributed by atoms with Crippen molar-refractivity contribution in [2.45, 2.75) is 74.8 Å². The van der Waals surface area contributed by atoms with E-state index in [-0.39, 0.29) is 17.4 Å². The van der Waals surface area contributed by atoms with Crippen molar-refractivity contribution in [1.29, 1.82) is 0 Å². The molecule has 19 heavy (non-hydrogen) atoms. The highest BCUT2D eigenvalue weighted by molar-refractivity contribution is 7.91. The molecule has 0 aromatic heterocycles. The minimum atomic E-state index is -2.93. The minimum Gasteiger partial charge on any atom is -0.391 e. The molecule has 5 heteroatoms. The number of aliphatic hydroxyl groups is 1. The number of sulfone groups is 1. The third-order valence-electron chi connectivity index (χ3n) is 5.00. The Morgan fingerprint density at radius 1 is 1.05 bits per heavy atom. The van der Waals surface area contributed by atoms with E-state index < -0.39 is 9.84 Å². The Labute approximate surface area is 117 Å². The van der Waals surface area contributed by atoms with Crippen molar-refractivity contribution < 1.29 is 13.5 Å². The van der Waals surface area contributed by atoms with Gasteiger partial charge < -0.3 is 5.11 Å². The van der Waals surface area contributed by atoms with Gasteiger partial charge in [0.2, 0.25) is 0 Å². The number of hydrogen-bond acceptors (Lipinski definition) is 4. The van der Waals surface area contributed by atoms with Crippen LogP contribution in [0, 0.1) is 0 Å². The lowest BCUT2D eigenvalue weighted by Crippen LogP contribution is -2.50. The zero-order valence-electron chi connectivity index (χ0n) is 12.1. The maximum atomic E-state index is 11.7. The summed E-state index contributed by atoms with van der Waals surface area (Å²) in [6.07, 6.45) is 8.91. The summed E-state index contributed by atoms with van der Waals surface area (Å²) in [5.74, 6) is 0. The zero-order valence-corrected chi connectivity index (χ0v) is 12.9. The Morgan fingerprint density at radius 2 is 1.74 bits per heavy atom. The van der Waals surface area contributed by atoms with Gasteiger partial charge in [-0.25, -0.2) is 8.42 Å². The summed E-state index contributed by atoms with van der Waals surface area (Å²) in [6, 6.07) is 0.531. The van der Waals surface area contributed by atoms with E-state index in [1.807, 2.05) is 0 Å². The van der Waals surface area contributed by atoms with Crippen LogP contribution in [0.2, 0.25) is 0 Å². The molecule has 1 N–H and O–H groups in total. The van der Waals surface area contributed by atoms with Crippen LogP contribution in [0.15, 0.2) is 0 Å². The molecule has 4 unspecified atom stereocenters. The van der Waals surface area contributed by atoms with Crippen LogP contribution in [0.25, 0.3) is 0 Å². The Bertz CT molecular complexity index is 395. The molecule has 4 atom stereocenters. The first kappa shape index (κ1) is 15.3. The van der Waals surface area contributed by atoms with Crippen molar-refractivity contribution >= 4 is 9.84 Å². The van der Waals surface area contributed by atoms with E-state index in [1.165, 1.54) is 12.7 Å². The second-order valence-electron chi connectivity index (χ2n) is 6.36. The molecule has 0 heterocycles. The van der Waals surface area contributed by atoms with Crippen molar-refractivity contribution in [3.8, 4) is 0 Å². The second-order valence-corrected chi connectivity index (χ2v) is 8.68. The molecule has 2 fully saturated rings. The third-order valence-corrected chi connectivity index (χ3v) is 6.64. The van der Waals surface area contributed by atoms with Crippen molar-refractivity contribution in [1.82, 2.24) is 4.90 Å². The van der Waals surface area contributed by atoms with Crippen LogP contribution in [0.1, 0.15) is 51.4 Å². The van der Waals surface area contributed by atoms with Crippen molar-refractivity contribution in [3.05, 3.63) is 0 Å². The van der Waals surface area contributed by atoms with Gasteiger partial charge in [-0.1, -0.05) is 19.3 Å². The summed E-state index contributed by atoms with van der Waals surface area (Å²) in [4.78, 5) is 2.27. The van der Waals surface area contributed by atoms with E-state index in [2.05, 4.69) is 11.9 Å². The lowest BCUT2D eigenvalue weighted by atomic mass is 9.87. The van der Waals surface area contributed by atoms with Crippen molar-refractivity contribution in [2.75, 3.05) is 13.3 Å². The predicted octanol–water partition coefficient (Wildman–Crippen LogP) is 1.58. The molecule has 0 aromatic rings. The van der Waals surface area contributed by atoms with Gasteiger partial charge >= 0.3 is 0 Å². The Kier molecular flexibility index (Phi) is 4.90. The van der Waals surface area contributed by atoms with E-state index in [4.69, 9.17) is 0 Å². The van der Waals surface area contributed by atoms with Crippen LogP contribution in [-0.4, -0.2) is 55.2 Å². The SMILES string of the molecule is CN(C1CCCC(S(C)(=O)=O)C1)C1CCCCC1O. The molecule has 2 saturated carbocycles. The molecule has 0 aliphatic heterocycles. The van der Waals surface area contributed by atoms with Gasteiger partial charge in [-0.15, -0.1) is 0 Å². The molecule has 0 aromatic carbocycles. The monoisotopic (exact) mass is 289 g/mol. The Balaban J connectivity index is 2.00. The fourth-order valence-corrected chi connectivity index (χ4v) is 4.88. The number of rotatable bonds is 3. The second kappa shape index (κ2) is 6.10. The average molecular weight is 289 g/mol. The van der Waals surface area contributed by atoms with Crippen LogP contribution in [0.4, 0.5) is 0 Å². The van der Waals surface area contributed by atoms with Crippen molar-refractivity contribution in [3.63, 3.8) is 0 Å². The molecule has 0 amide bonds. The van der Waals surface area contributed by atoms with Crippen LogP contribution >= 0.6 is 0 Å². The third kappa shape index (κ3) is 3.70. The van der Waals surface area contributed by atoms with Crippen LogP contribution in [0.5, 0.6) is 0 Å². The molecule has 0 radical (unpaired) electrons. The Morgan fingerprint density at radius 3 is 2.37 bits per heavy atom. The molecule has 0 bridgehead atoms. The fraction of sp³-hybridized carbons (Fsp3) is 1.00. The first-order valence-corrected chi connectivity index (χ1v) is 9.44. The smallest absolute Gasteiger partial charge is 0.150 e. The summed E-state index contributed by atoms with van der Waals surface area (Å²) in [7, 11) is -0.862. The normalized spacial score (nSPS) is 37.5. The Hall–Kier alpha value is -0.130. The first-order chi connectivity index (χ1) is 8.89. The molecule has 2 aliphatic carbocycles. The van der Waals surface area contributed by atoms with Gasteiger partial charge in [0.15, 0.2) is 0 Å². The summed E-state index contributed by atoms with van der Waals surface area (Å²) in [5.41, 5.74) is 0. The van der Waals surface area contributed by atoms with Crippen molar-refractivity contribution in [2.24, 2.45) is 0 Å². The van der Waals surface area contributed by atoms with Gasteiger partial charge in [-0.2, -0.15) is 0 Å².